The van der Waals surface area contributed by atoms with Gasteiger partial charge in [0.05, 0.1) is 5.41 Å². The van der Waals surface area contributed by atoms with Gasteiger partial charge in [-0.1, -0.05) is 51.8 Å². The molecular formula is C26H33BrClN3O2. The summed E-state index contributed by atoms with van der Waals surface area (Å²) < 4.78 is 1.01. The summed E-state index contributed by atoms with van der Waals surface area (Å²) in [4.78, 5) is 26.6. The lowest BCUT2D eigenvalue weighted by Crippen LogP contribution is -2.55. The molecule has 2 atom stereocenters. The minimum Gasteiger partial charge on any atom is -0.350 e. The number of rotatable bonds is 8. The van der Waals surface area contributed by atoms with Crippen LogP contribution >= 0.6 is 27.5 Å². The fourth-order valence-corrected chi connectivity index (χ4v) is 4.83. The van der Waals surface area contributed by atoms with Crippen LogP contribution in [0.5, 0.6) is 0 Å². The van der Waals surface area contributed by atoms with Crippen molar-refractivity contribution in [1.82, 2.24) is 16.0 Å². The van der Waals surface area contributed by atoms with Gasteiger partial charge in [0.25, 0.3) is 0 Å². The van der Waals surface area contributed by atoms with E-state index in [9.17, 15) is 9.59 Å². The van der Waals surface area contributed by atoms with E-state index in [0.717, 1.165) is 47.1 Å². The second kappa shape index (κ2) is 11.5. The van der Waals surface area contributed by atoms with Crippen molar-refractivity contribution in [2.24, 2.45) is 0 Å². The number of hydrogen-bond donors (Lipinski definition) is 3. The first-order chi connectivity index (χ1) is 15.7. The summed E-state index contributed by atoms with van der Waals surface area (Å²) in [5.74, 6) is -0.356. The highest BCUT2D eigenvalue weighted by molar-refractivity contribution is 9.10. The zero-order valence-corrected chi connectivity index (χ0v) is 21.9. The first kappa shape index (κ1) is 25.7. The number of amides is 2. The highest BCUT2D eigenvalue weighted by Crippen LogP contribution is 2.31. The van der Waals surface area contributed by atoms with Gasteiger partial charge in [-0.2, -0.15) is 0 Å². The fraction of sp³-hybridized carbons (Fsp3) is 0.462. The predicted molar refractivity (Wildman–Crippen MR) is 138 cm³/mol. The van der Waals surface area contributed by atoms with E-state index < -0.39 is 11.5 Å². The summed E-state index contributed by atoms with van der Waals surface area (Å²) in [5.41, 5.74) is 2.02. The lowest BCUT2D eigenvalue weighted by molar-refractivity contribution is -0.132. The molecule has 2 unspecified atom stereocenters. The van der Waals surface area contributed by atoms with E-state index in [1.807, 2.05) is 63.2 Å². The van der Waals surface area contributed by atoms with Gasteiger partial charge in [0.1, 0.15) is 6.04 Å². The maximum absolute atomic E-state index is 13.4. The number of halogens is 2. The molecular weight excluding hydrogens is 502 g/mol. The van der Waals surface area contributed by atoms with Gasteiger partial charge >= 0.3 is 0 Å². The monoisotopic (exact) mass is 533 g/mol. The molecule has 0 aromatic heterocycles. The maximum Gasteiger partial charge on any atom is 0.242 e. The molecule has 7 heteroatoms. The van der Waals surface area contributed by atoms with E-state index in [1.54, 1.807) is 0 Å². The van der Waals surface area contributed by atoms with E-state index in [4.69, 9.17) is 11.6 Å². The Balaban J connectivity index is 1.75. The molecule has 178 valence electrons. The van der Waals surface area contributed by atoms with Crippen molar-refractivity contribution in [3.63, 3.8) is 0 Å². The van der Waals surface area contributed by atoms with Gasteiger partial charge in [-0.3, -0.25) is 9.59 Å². The quantitative estimate of drug-likeness (QED) is 0.461. The van der Waals surface area contributed by atoms with Crippen LogP contribution in [0.4, 0.5) is 0 Å². The van der Waals surface area contributed by atoms with Crippen molar-refractivity contribution in [1.29, 1.82) is 0 Å². The zero-order chi connectivity index (χ0) is 24.0. The Morgan fingerprint density at radius 3 is 2.58 bits per heavy atom. The van der Waals surface area contributed by atoms with Crippen LogP contribution in [0.25, 0.3) is 0 Å². The molecule has 2 aromatic carbocycles. The Hall–Kier alpha value is -1.89. The zero-order valence-electron chi connectivity index (χ0n) is 19.5. The lowest BCUT2D eigenvalue weighted by Gasteiger charge is -2.30. The Kier molecular flexibility index (Phi) is 8.96. The minimum atomic E-state index is -0.882. The molecule has 33 heavy (non-hydrogen) atoms. The number of piperidine rings is 1. The molecule has 2 amide bonds. The van der Waals surface area contributed by atoms with E-state index in [-0.39, 0.29) is 17.9 Å². The predicted octanol–water partition coefficient (Wildman–Crippen LogP) is 4.67. The maximum atomic E-state index is 13.4. The molecule has 0 spiro atoms. The van der Waals surface area contributed by atoms with Crippen LogP contribution in [-0.2, 0) is 21.4 Å². The second-order valence-corrected chi connectivity index (χ2v) is 10.7. The number of carbonyl (C=O) groups is 2. The van der Waals surface area contributed by atoms with Crippen molar-refractivity contribution < 1.29 is 9.59 Å². The highest BCUT2D eigenvalue weighted by Gasteiger charge is 2.35. The summed E-state index contributed by atoms with van der Waals surface area (Å²) in [6, 6.07) is 13.2. The smallest absolute Gasteiger partial charge is 0.242 e. The Morgan fingerprint density at radius 2 is 1.94 bits per heavy atom. The van der Waals surface area contributed by atoms with Gasteiger partial charge in [0.15, 0.2) is 0 Å². The number of nitrogens with one attached hydrogen (secondary N) is 3. The number of carbonyl (C=O) groups excluding carboxylic acids is 2. The fourth-order valence-electron chi connectivity index (χ4n) is 4.10. The van der Waals surface area contributed by atoms with Crippen molar-refractivity contribution >= 4 is 39.3 Å². The third-order valence-electron chi connectivity index (χ3n) is 6.27. The highest BCUT2D eigenvalue weighted by atomic mass is 79.9. The van der Waals surface area contributed by atoms with Crippen LogP contribution in [-0.4, -0.2) is 37.0 Å². The number of aryl methyl sites for hydroxylation is 2. The van der Waals surface area contributed by atoms with Crippen LogP contribution in [0.15, 0.2) is 46.9 Å². The Morgan fingerprint density at radius 1 is 1.21 bits per heavy atom. The molecule has 0 aliphatic carbocycles. The van der Waals surface area contributed by atoms with Crippen molar-refractivity contribution in [3.8, 4) is 0 Å². The minimum absolute atomic E-state index is 0.0814. The lowest BCUT2D eigenvalue weighted by atomic mass is 9.83. The summed E-state index contributed by atoms with van der Waals surface area (Å²) in [5, 5.41) is 10.0. The first-order valence-electron chi connectivity index (χ1n) is 11.5. The van der Waals surface area contributed by atoms with Crippen molar-refractivity contribution in [2.75, 3.05) is 13.1 Å². The van der Waals surface area contributed by atoms with Gasteiger partial charge < -0.3 is 16.0 Å². The molecule has 1 heterocycles. The summed E-state index contributed by atoms with van der Waals surface area (Å²) in [6.07, 6.45) is 3.16. The largest absolute Gasteiger partial charge is 0.350 e. The third-order valence-corrected chi connectivity index (χ3v) is 7.11. The summed E-state index contributed by atoms with van der Waals surface area (Å²) in [6.45, 7) is 7.37. The van der Waals surface area contributed by atoms with E-state index >= 15 is 0 Å². The molecule has 1 fully saturated rings. The van der Waals surface area contributed by atoms with E-state index in [0.29, 0.717) is 17.9 Å². The number of hydrogen-bond acceptors (Lipinski definition) is 3. The molecule has 3 rings (SSSR count). The molecule has 1 aliphatic rings. The average Bonchev–Trinajstić information content (AvgIpc) is 2.77. The van der Waals surface area contributed by atoms with Crippen LogP contribution in [0.1, 0.15) is 49.8 Å². The molecule has 1 aliphatic heterocycles. The molecule has 0 radical (unpaired) electrons. The topological polar surface area (TPSA) is 70.2 Å². The van der Waals surface area contributed by atoms with Crippen molar-refractivity contribution in [2.45, 2.75) is 64.0 Å². The Bertz CT molecular complexity index is 972. The molecule has 0 saturated carbocycles. The van der Waals surface area contributed by atoms with Gasteiger partial charge in [0.2, 0.25) is 11.8 Å². The van der Waals surface area contributed by atoms with E-state index in [2.05, 4.69) is 31.9 Å². The molecule has 2 aromatic rings. The standard InChI is InChI=1S/C26H33BrClN3O2/c1-17-6-12-21(22(28)15-17)26(2,3)25(33)31-23(13-9-18-7-10-19(27)11-8-18)24(32)30-20-5-4-14-29-16-20/h6-8,10-12,15,20,23,29H,4-5,9,13-14,16H2,1-3H3,(H,30,32)(H,31,33). The van der Waals surface area contributed by atoms with Crippen LogP contribution in [0.2, 0.25) is 5.02 Å². The van der Waals surface area contributed by atoms with Crippen LogP contribution in [0.3, 0.4) is 0 Å². The SMILES string of the molecule is Cc1ccc(C(C)(C)C(=O)NC(CCc2ccc(Br)cc2)C(=O)NC2CCCNC2)c(Cl)c1. The number of benzene rings is 2. The Labute approximate surface area is 210 Å². The molecule has 0 bridgehead atoms. The third kappa shape index (κ3) is 7.05. The van der Waals surface area contributed by atoms with Crippen LogP contribution < -0.4 is 16.0 Å². The van der Waals surface area contributed by atoms with Gasteiger partial charge in [-0.15, -0.1) is 0 Å². The summed E-state index contributed by atoms with van der Waals surface area (Å²) in [7, 11) is 0. The molecule has 3 N–H and O–H groups in total. The second-order valence-electron chi connectivity index (χ2n) is 9.35. The van der Waals surface area contributed by atoms with E-state index in [1.165, 1.54) is 0 Å². The first-order valence-corrected chi connectivity index (χ1v) is 12.7. The molecule has 1 saturated heterocycles. The van der Waals surface area contributed by atoms with Gasteiger partial charge in [0, 0.05) is 22.1 Å². The van der Waals surface area contributed by atoms with Crippen LogP contribution in [0, 0.1) is 6.92 Å². The van der Waals surface area contributed by atoms with Gasteiger partial charge in [-0.05, 0) is 87.9 Å². The van der Waals surface area contributed by atoms with Crippen molar-refractivity contribution in [3.05, 3.63) is 68.7 Å². The summed E-state index contributed by atoms with van der Waals surface area (Å²) >= 11 is 9.92. The normalized spacial score (nSPS) is 17.3. The average molecular weight is 535 g/mol. The molecule has 5 nitrogen and oxygen atoms in total. The van der Waals surface area contributed by atoms with Gasteiger partial charge in [-0.25, -0.2) is 0 Å².